The summed E-state index contributed by atoms with van der Waals surface area (Å²) in [5.74, 6) is -0.623. The molecule has 9 nitrogen and oxygen atoms in total. The zero-order chi connectivity index (χ0) is 19.0. The maximum Gasteiger partial charge on any atom is 0.410 e. The topological polar surface area (TPSA) is 105 Å². The highest BCUT2D eigenvalue weighted by Crippen LogP contribution is 2.26. The van der Waals surface area contributed by atoms with Gasteiger partial charge in [-0.1, -0.05) is 18.2 Å². The van der Waals surface area contributed by atoms with Gasteiger partial charge in [0.1, 0.15) is 6.61 Å². The summed E-state index contributed by atoms with van der Waals surface area (Å²) < 4.78 is 9.79. The fraction of sp³-hybridized carbons (Fsp3) is 0.444. The molecule has 0 aliphatic carbocycles. The molecule has 1 aromatic carbocycles. The van der Waals surface area contributed by atoms with Crippen molar-refractivity contribution >= 4 is 28.9 Å². The van der Waals surface area contributed by atoms with E-state index in [1.807, 2.05) is 24.3 Å². The molecule has 9 heteroatoms. The number of likely N-dealkylation sites (tertiary alicyclic amines) is 1. The van der Waals surface area contributed by atoms with Crippen molar-refractivity contribution in [1.29, 1.82) is 0 Å². The van der Waals surface area contributed by atoms with Crippen LogP contribution in [0.25, 0.3) is 10.9 Å². The number of benzene rings is 1. The number of carbonyl (C=O) groups is 3. The molecule has 1 aromatic heterocycles. The molecule has 0 radical (unpaired) electrons. The average Bonchev–Trinajstić information content (AvgIpc) is 3.30. The largest absolute Gasteiger partial charge is 0.467 e. The molecule has 142 valence electrons. The number of methoxy groups -OCH3 is 1. The van der Waals surface area contributed by atoms with E-state index in [1.54, 1.807) is 4.90 Å². The predicted molar refractivity (Wildman–Crippen MR) is 94.0 cm³/mol. The Kier molecular flexibility index (Phi) is 4.43. The number of ether oxygens (including phenoxy) is 2. The minimum absolute atomic E-state index is 0.00388. The normalized spacial score (nSPS) is 20.8. The Bertz CT molecular complexity index is 887. The quantitative estimate of drug-likeness (QED) is 0.811. The van der Waals surface area contributed by atoms with Crippen LogP contribution < -0.4 is 0 Å². The molecule has 2 aromatic rings. The lowest BCUT2D eigenvalue weighted by Crippen LogP contribution is -2.52. The third kappa shape index (κ3) is 2.98. The summed E-state index contributed by atoms with van der Waals surface area (Å²) in [6.07, 6.45) is 0.626. The molecular formula is C18H20N4O5. The van der Waals surface area contributed by atoms with Crippen molar-refractivity contribution in [3.8, 4) is 0 Å². The number of hydrogen-bond acceptors (Lipinski definition) is 6. The van der Waals surface area contributed by atoms with E-state index in [0.717, 1.165) is 10.9 Å². The van der Waals surface area contributed by atoms with Gasteiger partial charge in [0.05, 0.1) is 12.6 Å². The van der Waals surface area contributed by atoms with E-state index in [1.165, 1.54) is 12.0 Å². The highest BCUT2D eigenvalue weighted by Gasteiger charge is 2.44. The van der Waals surface area contributed by atoms with Gasteiger partial charge in [0.25, 0.3) is 5.91 Å². The van der Waals surface area contributed by atoms with Crippen molar-refractivity contribution < 1.29 is 23.9 Å². The van der Waals surface area contributed by atoms with Crippen molar-refractivity contribution in [3.63, 3.8) is 0 Å². The molecule has 0 saturated carbocycles. The minimum Gasteiger partial charge on any atom is -0.467 e. The van der Waals surface area contributed by atoms with Crippen molar-refractivity contribution in [2.24, 2.45) is 0 Å². The second-order valence-corrected chi connectivity index (χ2v) is 6.66. The summed E-state index contributed by atoms with van der Waals surface area (Å²) in [6, 6.07) is 6.60. The highest BCUT2D eigenvalue weighted by atomic mass is 16.6. The van der Waals surface area contributed by atoms with Crippen molar-refractivity contribution in [3.05, 3.63) is 30.0 Å². The van der Waals surface area contributed by atoms with E-state index in [2.05, 4.69) is 10.2 Å². The van der Waals surface area contributed by atoms with Gasteiger partial charge in [-0.05, 0) is 18.9 Å². The van der Waals surface area contributed by atoms with E-state index >= 15 is 0 Å². The third-order valence-electron chi connectivity index (χ3n) is 5.20. The lowest BCUT2D eigenvalue weighted by molar-refractivity contribution is -0.145. The molecule has 0 bridgehead atoms. The Morgan fingerprint density at radius 3 is 2.74 bits per heavy atom. The smallest absolute Gasteiger partial charge is 0.410 e. The van der Waals surface area contributed by atoms with Crippen LogP contribution in [-0.4, -0.2) is 76.9 Å². The van der Waals surface area contributed by atoms with Crippen LogP contribution in [0, 0.1) is 0 Å². The second-order valence-electron chi connectivity index (χ2n) is 6.66. The molecule has 2 amide bonds. The highest BCUT2D eigenvalue weighted by molar-refractivity contribution is 6.04. The van der Waals surface area contributed by atoms with E-state index in [9.17, 15) is 14.4 Å². The van der Waals surface area contributed by atoms with Crippen LogP contribution in [0.3, 0.4) is 0 Å². The maximum atomic E-state index is 12.9. The average molecular weight is 372 g/mol. The number of amides is 2. The van der Waals surface area contributed by atoms with Crippen molar-refractivity contribution in [1.82, 2.24) is 20.0 Å². The first kappa shape index (κ1) is 17.3. The molecule has 27 heavy (non-hydrogen) atoms. The number of hydrogen-bond donors (Lipinski definition) is 1. The van der Waals surface area contributed by atoms with E-state index < -0.39 is 18.1 Å². The zero-order valence-electron chi connectivity index (χ0n) is 14.9. The van der Waals surface area contributed by atoms with Crippen LogP contribution in [-0.2, 0) is 14.3 Å². The summed E-state index contributed by atoms with van der Waals surface area (Å²) in [4.78, 5) is 40.0. The fourth-order valence-corrected chi connectivity index (χ4v) is 3.78. The summed E-state index contributed by atoms with van der Waals surface area (Å²) in [5, 5.41) is 7.83. The molecule has 0 spiro atoms. The summed E-state index contributed by atoms with van der Waals surface area (Å²) in [7, 11) is 1.29. The lowest BCUT2D eigenvalue weighted by atomic mass is 10.0. The molecule has 1 atom stereocenters. The molecule has 3 heterocycles. The Hall–Kier alpha value is -3.10. The summed E-state index contributed by atoms with van der Waals surface area (Å²) in [5.41, 5.74) is 1.22. The van der Waals surface area contributed by atoms with Gasteiger partial charge >= 0.3 is 12.1 Å². The Balaban J connectivity index is 1.45. The zero-order valence-corrected chi connectivity index (χ0v) is 14.9. The first-order valence-electron chi connectivity index (χ1n) is 8.85. The van der Waals surface area contributed by atoms with Gasteiger partial charge in [-0.3, -0.25) is 14.8 Å². The van der Waals surface area contributed by atoms with Crippen LogP contribution in [0.5, 0.6) is 0 Å². The number of H-pyrrole nitrogens is 1. The minimum atomic E-state index is -0.718. The number of para-hydroxylation sites is 1. The number of nitrogens with one attached hydrogen (secondary N) is 1. The lowest BCUT2D eigenvalue weighted by Gasteiger charge is -2.36. The fourth-order valence-electron chi connectivity index (χ4n) is 3.78. The van der Waals surface area contributed by atoms with Crippen molar-refractivity contribution in [2.75, 3.05) is 26.8 Å². The number of aromatic nitrogens is 2. The number of rotatable bonds is 3. The first-order chi connectivity index (χ1) is 13.1. The number of fused-ring (bicyclic) bond motifs is 1. The van der Waals surface area contributed by atoms with Crippen LogP contribution in [0.4, 0.5) is 4.79 Å². The molecule has 2 aliphatic heterocycles. The summed E-state index contributed by atoms with van der Waals surface area (Å²) in [6.45, 7) is 0.953. The molecule has 2 saturated heterocycles. The number of aromatic amines is 1. The van der Waals surface area contributed by atoms with Gasteiger partial charge < -0.3 is 14.4 Å². The standard InChI is InChI=1S/C18H20N4O5/c1-26-17(24)14-10-27-18(25)22(14)11-6-8-21(9-7-11)16(23)15-12-4-2-3-5-13(12)19-20-15/h2-5,11,14H,6-10H2,1H3,(H,19,20). The molecule has 1 unspecified atom stereocenters. The third-order valence-corrected chi connectivity index (χ3v) is 5.20. The van der Waals surface area contributed by atoms with Gasteiger partial charge in [0.15, 0.2) is 11.7 Å². The molecule has 1 N–H and O–H groups in total. The van der Waals surface area contributed by atoms with E-state index in [-0.39, 0.29) is 18.6 Å². The number of piperidine rings is 1. The van der Waals surface area contributed by atoms with Crippen LogP contribution >= 0.6 is 0 Å². The van der Waals surface area contributed by atoms with Gasteiger partial charge in [0, 0.05) is 24.5 Å². The van der Waals surface area contributed by atoms with E-state index in [4.69, 9.17) is 9.47 Å². The van der Waals surface area contributed by atoms with Crippen LogP contribution in [0.1, 0.15) is 23.3 Å². The Labute approximate surface area is 155 Å². The Morgan fingerprint density at radius 1 is 1.26 bits per heavy atom. The Morgan fingerprint density at radius 2 is 2.00 bits per heavy atom. The summed E-state index contributed by atoms with van der Waals surface area (Å²) >= 11 is 0. The van der Waals surface area contributed by atoms with Gasteiger partial charge in [0.2, 0.25) is 0 Å². The van der Waals surface area contributed by atoms with Gasteiger partial charge in [-0.25, -0.2) is 9.59 Å². The number of esters is 1. The number of carbonyl (C=O) groups excluding carboxylic acids is 3. The van der Waals surface area contributed by atoms with Crippen LogP contribution in [0.2, 0.25) is 0 Å². The predicted octanol–water partition coefficient (Wildman–Crippen LogP) is 1.16. The maximum absolute atomic E-state index is 12.9. The molecule has 2 fully saturated rings. The van der Waals surface area contributed by atoms with Gasteiger partial charge in [-0.15, -0.1) is 0 Å². The van der Waals surface area contributed by atoms with E-state index in [0.29, 0.717) is 31.6 Å². The van der Waals surface area contributed by atoms with Crippen molar-refractivity contribution in [2.45, 2.75) is 24.9 Å². The monoisotopic (exact) mass is 372 g/mol. The molecular weight excluding hydrogens is 352 g/mol. The van der Waals surface area contributed by atoms with Gasteiger partial charge in [-0.2, -0.15) is 5.10 Å². The van der Waals surface area contributed by atoms with Crippen LogP contribution in [0.15, 0.2) is 24.3 Å². The SMILES string of the molecule is COC(=O)C1COC(=O)N1C1CCN(C(=O)c2n[nH]c3ccccc23)CC1. The first-order valence-corrected chi connectivity index (χ1v) is 8.85. The second kappa shape index (κ2) is 6.90. The number of cyclic esters (lactones) is 1. The molecule has 4 rings (SSSR count). The molecule has 2 aliphatic rings. The number of nitrogens with zero attached hydrogens (tertiary/aromatic N) is 3.